The highest BCUT2D eigenvalue weighted by Gasteiger charge is 2.09. The second-order valence-corrected chi connectivity index (χ2v) is 3.76. The fraction of sp³-hybridized carbons (Fsp3) is 0.750. The molecule has 0 aliphatic carbocycles. The zero-order valence-electron chi connectivity index (χ0n) is 9.77. The summed E-state index contributed by atoms with van der Waals surface area (Å²) in [4.78, 5) is 15.2. The van der Waals surface area contributed by atoms with Gasteiger partial charge in [0.05, 0.1) is 0 Å². The molecule has 0 aliphatic heterocycles. The summed E-state index contributed by atoms with van der Waals surface area (Å²) in [5.74, 6) is 0.254. The number of amides is 2. The number of anilines is 1. The molecule has 0 aliphatic rings. The molecule has 8 heteroatoms. The van der Waals surface area contributed by atoms with Gasteiger partial charge in [0, 0.05) is 13.6 Å². The van der Waals surface area contributed by atoms with Gasteiger partial charge < -0.3 is 9.80 Å². The molecule has 0 aromatic carbocycles. The van der Waals surface area contributed by atoms with Gasteiger partial charge in [0.15, 0.2) is 0 Å². The van der Waals surface area contributed by atoms with E-state index in [0.717, 1.165) is 13.0 Å². The van der Waals surface area contributed by atoms with Crippen molar-refractivity contribution in [2.24, 2.45) is 0 Å². The number of nitrogens with zero attached hydrogens (tertiary/aromatic N) is 5. The minimum Gasteiger partial charge on any atom is -0.327 e. The molecular weight excluding hydrogens is 210 g/mol. The number of tetrazole rings is 1. The number of carbonyl (C=O) groups excluding carboxylic acids is 1. The quantitative estimate of drug-likeness (QED) is 0.715. The minimum atomic E-state index is -0.225. The third kappa shape index (κ3) is 4.22. The van der Waals surface area contributed by atoms with Gasteiger partial charge in [-0.05, 0) is 37.5 Å². The topological polar surface area (TPSA) is 90.0 Å². The van der Waals surface area contributed by atoms with Crippen molar-refractivity contribution in [2.75, 3.05) is 39.5 Å². The monoisotopic (exact) mass is 227 g/mol. The van der Waals surface area contributed by atoms with Crippen LogP contribution in [-0.4, -0.2) is 70.7 Å². The molecule has 16 heavy (non-hydrogen) atoms. The molecule has 0 unspecified atom stereocenters. The molecule has 0 atom stereocenters. The lowest BCUT2D eigenvalue weighted by atomic mass is 10.4. The van der Waals surface area contributed by atoms with Crippen molar-refractivity contribution in [1.82, 2.24) is 30.4 Å². The first kappa shape index (κ1) is 12.4. The number of aromatic amines is 1. The van der Waals surface area contributed by atoms with Crippen molar-refractivity contribution in [3.63, 3.8) is 0 Å². The van der Waals surface area contributed by atoms with E-state index >= 15 is 0 Å². The van der Waals surface area contributed by atoms with E-state index < -0.39 is 0 Å². The second kappa shape index (κ2) is 6.01. The number of hydrogen-bond acceptors (Lipinski definition) is 5. The zero-order chi connectivity index (χ0) is 12.0. The number of urea groups is 1. The molecule has 8 nitrogen and oxygen atoms in total. The molecule has 0 saturated heterocycles. The Morgan fingerprint density at radius 2 is 2.12 bits per heavy atom. The molecule has 1 aromatic heterocycles. The molecule has 90 valence electrons. The maximum absolute atomic E-state index is 11.6. The fourth-order valence-electron chi connectivity index (χ4n) is 1.13. The number of hydrogen-bond donors (Lipinski definition) is 2. The molecule has 0 radical (unpaired) electrons. The van der Waals surface area contributed by atoms with E-state index in [1.807, 2.05) is 14.1 Å². The largest absolute Gasteiger partial charge is 0.327 e. The first-order valence-electron chi connectivity index (χ1n) is 5.00. The maximum Gasteiger partial charge on any atom is 0.323 e. The van der Waals surface area contributed by atoms with E-state index in [0.29, 0.717) is 6.54 Å². The number of H-pyrrole nitrogens is 1. The van der Waals surface area contributed by atoms with Gasteiger partial charge in [0.1, 0.15) is 0 Å². The van der Waals surface area contributed by atoms with Crippen LogP contribution in [-0.2, 0) is 0 Å². The Balaban J connectivity index is 2.25. The molecule has 1 heterocycles. The molecule has 1 rings (SSSR count). The Hall–Kier alpha value is -1.70. The van der Waals surface area contributed by atoms with E-state index in [2.05, 4.69) is 30.8 Å². The summed E-state index contributed by atoms with van der Waals surface area (Å²) < 4.78 is 0. The van der Waals surface area contributed by atoms with Crippen LogP contribution in [0.5, 0.6) is 0 Å². The van der Waals surface area contributed by atoms with Gasteiger partial charge in [-0.3, -0.25) is 5.32 Å². The van der Waals surface area contributed by atoms with Crippen molar-refractivity contribution < 1.29 is 4.79 Å². The van der Waals surface area contributed by atoms with Crippen molar-refractivity contribution in [3.8, 4) is 0 Å². The summed E-state index contributed by atoms with van der Waals surface area (Å²) in [5.41, 5.74) is 0. The summed E-state index contributed by atoms with van der Waals surface area (Å²) in [7, 11) is 5.73. The maximum atomic E-state index is 11.6. The lowest BCUT2D eigenvalue weighted by Gasteiger charge is -2.17. The van der Waals surface area contributed by atoms with E-state index in [4.69, 9.17) is 0 Å². The average molecular weight is 227 g/mol. The lowest BCUT2D eigenvalue weighted by molar-refractivity contribution is 0.219. The number of nitrogens with one attached hydrogen (secondary N) is 2. The molecule has 2 N–H and O–H groups in total. The Labute approximate surface area is 94.0 Å². The Kier molecular flexibility index (Phi) is 4.65. The molecule has 1 aromatic rings. The van der Waals surface area contributed by atoms with Crippen LogP contribution in [0.2, 0.25) is 0 Å². The Morgan fingerprint density at radius 3 is 2.69 bits per heavy atom. The Bertz CT molecular complexity index is 310. The van der Waals surface area contributed by atoms with Gasteiger partial charge in [-0.25, -0.2) is 9.89 Å². The minimum absolute atomic E-state index is 0.225. The predicted molar refractivity (Wildman–Crippen MR) is 59.0 cm³/mol. The highest BCUT2D eigenvalue weighted by molar-refractivity contribution is 5.86. The fourth-order valence-corrected chi connectivity index (χ4v) is 1.13. The number of carbonyl (C=O) groups is 1. The van der Waals surface area contributed by atoms with Gasteiger partial charge in [-0.1, -0.05) is 5.10 Å². The van der Waals surface area contributed by atoms with Crippen LogP contribution in [0.4, 0.5) is 10.7 Å². The number of aromatic nitrogens is 4. The summed E-state index contributed by atoms with van der Waals surface area (Å²) in [6.07, 6.45) is 0.922. The first-order valence-corrected chi connectivity index (χ1v) is 5.00. The zero-order valence-corrected chi connectivity index (χ0v) is 9.77. The lowest BCUT2D eigenvalue weighted by Crippen LogP contribution is -2.33. The molecule has 0 saturated carbocycles. The predicted octanol–water partition coefficient (Wildman–Crippen LogP) is -0.385. The van der Waals surface area contributed by atoms with Gasteiger partial charge in [-0.15, -0.1) is 0 Å². The summed E-state index contributed by atoms with van der Waals surface area (Å²) in [5, 5.41) is 15.3. The third-order valence-electron chi connectivity index (χ3n) is 2.02. The van der Waals surface area contributed by atoms with Crippen LogP contribution in [0, 0.1) is 0 Å². The summed E-state index contributed by atoms with van der Waals surface area (Å²) in [6, 6.07) is -0.225. The average Bonchev–Trinajstić information content (AvgIpc) is 2.69. The highest BCUT2D eigenvalue weighted by Crippen LogP contribution is 1.96. The van der Waals surface area contributed by atoms with Crippen molar-refractivity contribution in [1.29, 1.82) is 0 Å². The van der Waals surface area contributed by atoms with Gasteiger partial charge in [-0.2, -0.15) is 0 Å². The van der Waals surface area contributed by atoms with Crippen LogP contribution in [0.1, 0.15) is 6.42 Å². The van der Waals surface area contributed by atoms with Crippen LogP contribution in [0.3, 0.4) is 0 Å². The van der Waals surface area contributed by atoms with Crippen LogP contribution < -0.4 is 5.32 Å². The van der Waals surface area contributed by atoms with Gasteiger partial charge in [0.25, 0.3) is 0 Å². The normalized spacial score (nSPS) is 10.5. The van der Waals surface area contributed by atoms with Crippen LogP contribution in [0.15, 0.2) is 0 Å². The van der Waals surface area contributed by atoms with E-state index in [9.17, 15) is 4.79 Å². The third-order valence-corrected chi connectivity index (χ3v) is 2.02. The van der Waals surface area contributed by atoms with Crippen molar-refractivity contribution in [2.45, 2.75) is 6.42 Å². The summed E-state index contributed by atoms with van der Waals surface area (Å²) in [6.45, 7) is 1.63. The van der Waals surface area contributed by atoms with Gasteiger partial charge >= 0.3 is 6.03 Å². The van der Waals surface area contributed by atoms with E-state index in [-0.39, 0.29) is 12.0 Å². The standard InChI is InChI=1S/C8H17N7O/c1-14(2)5-4-6-15(3)8(16)9-7-10-12-13-11-7/h4-6H2,1-3H3,(H2,9,10,11,12,13,16). The summed E-state index contributed by atoms with van der Waals surface area (Å²) >= 11 is 0. The van der Waals surface area contributed by atoms with Crippen molar-refractivity contribution >= 4 is 12.0 Å². The van der Waals surface area contributed by atoms with Crippen LogP contribution >= 0.6 is 0 Å². The molecular formula is C8H17N7O. The van der Waals surface area contributed by atoms with Gasteiger partial charge in [0.2, 0.25) is 5.95 Å². The SMILES string of the molecule is CN(C)CCCN(C)C(=O)Nc1nnn[nH]1. The highest BCUT2D eigenvalue weighted by atomic mass is 16.2. The molecule has 0 bridgehead atoms. The second-order valence-electron chi connectivity index (χ2n) is 3.76. The molecule has 2 amide bonds. The molecule has 0 fully saturated rings. The van der Waals surface area contributed by atoms with E-state index in [1.54, 1.807) is 11.9 Å². The number of rotatable bonds is 5. The Morgan fingerprint density at radius 1 is 1.38 bits per heavy atom. The van der Waals surface area contributed by atoms with Crippen LogP contribution in [0.25, 0.3) is 0 Å². The first-order chi connectivity index (χ1) is 7.59. The molecule has 0 spiro atoms. The smallest absolute Gasteiger partial charge is 0.323 e. The van der Waals surface area contributed by atoms with Crippen molar-refractivity contribution in [3.05, 3.63) is 0 Å². The van der Waals surface area contributed by atoms with E-state index in [1.165, 1.54) is 0 Å².